The summed E-state index contributed by atoms with van der Waals surface area (Å²) < 4.78 is 0. The molecule has 0 aromatic heterocycles. The van der Waals surface area contributed by atoms with E-state index >= 15 is 0 Å². The number of anilines is 2. The first kappa shape index (κ1) is 24.5. The van der Waals surface area contributed by atoms with Gasteiger partial charge in [-0.2, -0.15) is 0 Å². The molecule has 0 unspecified atom stereocenters. The van der Waals surface area contributed by atoms with Crippen LogP contribution in [0.15, 0.2) is 114 Å². The van der Waals surface area contributed by atoms with Crippen LogP contribution < -0.4 is 10.2 Å². The third-order valence-electron chi connectivity index (χ3n) is 7.26. The highest BCUT2D eigenvalue weighted by Gasteiger charge is 2.42. The average Bonchev–Trinajstić information content (AvgIpc) is 3.08. The Morgan fingerprint density at radius 2 is 1.50 bits per heavy atom. The largest absolute Gasteiger partial charge is 0.357 e. The summed E-state index contributed by atoms with van der Waals surface area (Å²) in [5, 5.41) is 4.44. The molecule has 0 bridgehead atoms. The number of ketones is 1. The van der Waals surface area contributed by atoms with Gasteiger partial charge in [0.15, 0.2) is 5.78 Å². The van der Waals surface area contributed by atoms with Gasteiger partial charge in [0, 0.05) is 33.3 Å². The fourth-order valence-electron chi connectivity index (χ4n) is 5.51. The van der Waals surface area contributed by atoms with Gasteiger partial charge < -0.3 is 5.32 Å². The van der Waals surface area contributed by atoms with Gasteiger partial charge in [-0.15, -0.1) is 0 Å². The predicted molar refractivity (Wildman–Crippen MR) is 153 cm³/mol. The molecule has 2 aliphatic rings. The monoisotopic (exact) mass is 538 g/mol. The molecule has 0 spiro atoms. The fraction of sp³-hybridized carbons (Fsp3) is 0.125. The highest BCUT2D eigenvalue weighted by atomic mass is 35.5. The molecule has 1 N–H and O–H groups in total. The summed E-state index contributed by atoms with van der Waals surface area (Å²) >= 11 is 13.0. The van der Waals surface area contributed by atoms with Gasteiger partial charge in [-0.1, -0.05) is 89.9 Å². The molecule has 6 heteroatoms. The van der Waals surface area contributed by atoms with Gasteiger partial charge in [0.05, 0.1) is 17.4 Å². The summed E-state index contributed by atoms with van der Waals surface area (Å²) in [5.41, 5.74) is 5.09. The second-order valence-electron chi connectivity index (χ2n) is 9.58. The first-order chi connectivity index (χ1) is 18.5. The van der Waals surface area contributed by atoms with E-state index in [-0.39, 0.29) is 17.6 Å². The van der Waals surface area contributed by atoms with Crippen LogP contribution in [0, 0.1) is 0 Å². The van der Waals surface area contributed by atoms with E-state index in [9.17, 15) is 9.59 Å². The number of hydrogen-bond donors (Lipinski definition) is 1. The van der Waals surface area contributed by atoms with Crippen molar-refractivity contribution in [1.29, 1.82) is 0 Å². The molecular formula is C32H24Cl2N2O2. The van der Waals surface area contributed by atoms with Crippen molar-refractivity contribution in [3.63, 3.8) is 0 Å². The van der Waals surface area contributed by atoms with Crippen molar-refractivity contribution in [1.82, 2.24) is 0 Å². The van der Waals surface area contributed by atoms with Crippen molar-refractivity contribution in [2.24, 2.45) is 0 Å². The normalized spacial score (nSPS) is 18.8. The smallest absolute Gasteiger partial charge is 0.259 e. The molecule has 188 valence electrons. The molecule has 1 aliphatic heterocycles. The zero-order valence-electron chi connectivity index (χ0n) is 20.4. The van der Waals surface area contributed by atoms with E-state index in [0.717, 1.165) is 16.9 Å². The van der Waals surface area contributed by atoms with Crippen LogP contribution in [0.5, 0.6) is 0 Å². The summed E-state index contributed by atoms with van der Waals surface area (Å²) in [4.78, 5) is 30.0. The second kappa shape index (κ2) is 10.1. The van der Waals surface area contributed by atoms with Crippen LogP contribution in [-0.2, 0) is 4.79 Å². The summed E-state index contributed by atoms with van der Waals surface area (Å²) in [5.74, 6) is -0.204. The van der Waals surface area contributed by atoms with E-state index in [1.807, 2.05) is 66.7 Å². The molecule has 4 aromatic rings. The van der Waals surface area contributed by atoms with Crippen LogP contribution in [0.3, 0.4) is 0 Å². The third kappa shape index (κ3) is 4.40. The molecule has 0 radical (unpaired) electrons. The maximum atomic E-state index is 14.2. The van der Waals surface area contributed by atoms with Crippen LogP contribution in [0.1, 0.15) is 46.3 Å². The van der Waals surface area contributed by atoms with Crippen LogP contribution >= 0.6 is 23.2 Å². The highest BCUT2D eigenvalue weighted by molar-refractivity contribution is 6.35. The molecule has 0 saturated heterocycles. The summed E-state index contributed by atoms with van der Waals surface area (Å²) in [7, 11) is 0. The molecule has 2 atom stereocenters. The Labute approximate surface area is 231 Å². The maximum absolute atomic E-state index is 14.2. The van der Waals surface area contributed by atoms with Crippen LogP contribution in [-0.4, -0.2) is 11.7 Å². The van der Waals surface area contributed by atoms with Crippen molar-refractivity contribution in [2.75, 3.05) is 10.2 Å². The zero-order chi connectivity index (χ0) is 26.2. The minimum atomic E-state index is -0.733. The van der Waals surface area contributed by atoms with Crippen molar-refractivity contribution in [2.45, 2.75) is 24.8 Å². The average molecular weight is 539 g/mol. The summed E-state index contributed by atoms with van der Waals surface area (Å²) in [6.07, 6.45) is 0.977. The Balaban J connectivity index is 1.59. The lowest BCUT2D eigenvalue weighted by Crippen LogP contribution is -2.38. The Bertz CT molecular complexity index is 1570. The zero-order valence-corrected chi connectivity index (χ0v) is 21.9. The van der Waals surface area contributed by atoms with E-state index in [1.165, 1.54) is 0 Å². The Kier molecular flexibility index (Phi) is 6.52. The number of rotatable bonds is 3. The standard InChI is InChI=1S/C32H24Cl2N2O2/c33-23-15-16-24(25(34)19-23)31-30-27(17-22(18-29(30)37)20-9-3-1-4-10-20)35-26-13-7-8-14-28(26)36(31)32(38)21-11-5-2-6-12-21/h1-16,19,22,31,35H,17-18H2/t22-,31+/m0/s1. The maximum Gasteiger partial charge on any atom is 0.259 e. The molecular weight excluding hydrogens is 515 g/mol. The fourth-order valence-corrected chi connectivity index (χ4v) is 6.02. The number of carbonyl (C=O) groups is 2. The van der Waals surface area contributed by atoms with Gasteiger partial charge in [0.25, 0.3) is 5.91 Å². The van der Waals surface area contributed by atoms with Gasteiger partial charge >= 0.3 is 0 Å². The lowest BCUT2D eigenvalue weighted by molar-refractivity contribution is -0.116. The number of benzene rings is 4. The molecule has 1 heterocycles. The number of fused-ring (bicyclic) bond motifs is 1. The number of halogens is 2. The highest BCUT2D eigenvalue weighted by Crippen LogP contribution is 2.49. The van der Waals surface area contributed by atoms with Crippen LogP contribution in [0.4, 0.5) is 11.4 Å². The third-order valence-corrected chi connectivity index (χ3v) is 7.82. The van der Waals surface area contributed by atoms with E-state index in [4.69, 9.17) is 23.2 Å². The summed E-state index contributed by atoms with van der Waals surface area (Å²) in [6, 6.07) is 31.4. The lowest BCUT2D eigenvalue weighted by atomic mass is 9.78. The van der Waals surface area contributed by atoms with E-state index < -0.39 is 6.04 Å². The van der Waals surface area contributed by atoms with E-state index in [1.54, 1.807) is 29.2 Å². The molecule has 4 nitrogen and oxygen atoms in total. The molecule has 1 amide bonds. The minimum absolute atomic E-state index is 0.0118. The first-order valence-electron chi connectivity index (χ1n) is 12.5. The molecule has 4 aromatic carbocycles. The second-order valence-corrected chi connectivity index (χ2v) is 10.4. The molecule has 0 fully saturated rings. The molecule has 38 heavy (non-hydrogen) atoms. The number of amides is 1. The first-order valence-corrected chi connectivity index (χ1v) is 13.3. The van der Waals surface area contributed by atoms with E-state index in [0.29, 0.717) is 45.3 Å². The quantitative estimate of drug-likeness (QED) is 0.286. The minimum Gasteiger partial charge on any atom is -0.357 e. The van der Waals surface area contributed by atoms with E-state index in [2.05, 4.69) is 17.4 Å². The van der Waals surface area contributed by atoms with Gasteiger partial charge in [-0.05, 0) is 59.9 Å². The van der Waals surface area contributed by atoms with Gasteiger partial charge in [-0.25, -0.2) is 0 Å². The van der Waals surface area contributed by atoms with Crippen molar-refractivity contribution < 1.29 is 9.59 Å². The Morgan fingerprint density at radius 1 is 0.816 bits per heavy atom. The van der Waals surface area contributed by atoms with Crippen molar-refractivity contribution in [3.05, 3.63) is 141 Å². The lowest BCUT2D eigenvalue weighted by Gasteiger charge is -2.35. The number of para-hydroxylation sites is 2. The number of nitrogens with one attached hydrogen (secondary N) is 1. The number of allylic oxidation sites excluding steroid dienone is 1. The predicted octanol–water partition coefficient (Wildman–Crippen LogP) is 8.21. The van der Waals surface area contributed by atoms with Crippen LogP contribution in [0.25, 0.3) is 0 Å². The molecule has 1 aliphatic carbocycles. The van der Waals surface area contributed by atoms with Gasteiger partial charge in [-0.3, -0.25) is 14.5 Å². The Hall–Kier alpha value is -3.86. The van der Waals surface area contributed by atoms with Gasteiger partial charge in [0.2, 0.25) is 0 Å². The number of carbonyl (C=O) groups excluding carboxylic acids is 2. The molecule has 6 rings (SSSR count). The SMILES string of the molecule is O=C1C[C@@H](c2ccccc2)CC2=C1[C@@H](c1ccc(Cl)cc1Cl)N(C(=O)c1ccccc1)c1ccccc1N2. The van der Waals surface area contributed by atoms with Crippen LogP contribution in [0.2, 0.25) is 10.0 Å². The summed E-state index contributed by atoms with van der Waals surface area (Å²) in [6.45, 7) is 0. The number of hydrogen-bond acceptors (Lipinski definition) is 3. The number of Topliss-reactive ketones (excluding diaryl/α,β-unsaturated/α-hetero) is 1. The molecule has 0 saturated carbocycles. The topological polar surface area (TPSA) is 49.4 Å². The number of nitrogens with zero attached hydrogens (tertiary/aromatic N) is 1. The van der Waals surface area contributed by atoms with Crippen molar-refractivity contribution in [3.8, 4) is 0 Å². The van der Waals surface area contributed by atoms with Crippen molar-refractivity contribution >= 4 is 46.3 Å². The Morgan fingerprint density at radius 3 is 2.24 bits per heavy atom. The van der Waals surface area contributed by atoms with Gasteiger partial charge in [0.1, 0.15) is 0 Å².